The smallest absolute Gasteiger partial charge is 0.409 e. The number of hydrogen-bond donors (Lipinski definition) is 0. The summed E-state index contributed by atoms with van der Waals surface area (Å²) in [5.41, 5.74) is 0.547. The van der Waals surface area contributed by atoms with E-state index >= 15 is 0 Å². The predicted octanol–water partition coefficient (Wildman–Crippen LogP) is 4.08. The molecule has 0 saturated heterocycles. The Kier molecular flexibility index (Phi) is 3.27. The van der Waals surface area contributed by atoms with Crippen molar-refractivity contribution in [2.75, 3.05) is 0 Å². The van der Waals surface area contributed by atoms with Gasteiger partial charge in [-0.05, 0) is 36.5 Å². The van der Waals surface area contributed by atoms with E-state index in [9.17, 15) is 4.79 Å². The first-order chi connectivity index (χ1) is 7.25. The van der Waals surface area contributed by atoms with Gasteiger partial charge in [0.15, 0.2) is 0 Å². The molecule has 1 aliphatic rings. The van der Waals surface area contributed by atoms with Crippen molar-refractivity contribution in [3.8, 4) is 5.75 Å². The van der Waals surface area contributed by atoms with Crippen LogP contribution in [0.2, 0.25) is 0 Å². The van der Waals surface area contributed by atoms with E-state index in [2.05, 4.69) is 0 Å². The van der Waals surface area contributed by atoms with Crippen LogP contribution in [-0.2, 0) is 0 Å². The fraction of sp³-hybridized carbons (Fsp3) is 0.417. The third-order valence-electron chi connectivity index (χ3n) is 2.90. The second-order valence-corrected chi connectivity index (χ2v) is 4.20. The number of carbonyl (C=O) groups excluding carboxylic acids is 1. The molecule has 3 heteroatoms. The summed E-state index contributed by atoms with van der Waals surface area (Å²) in [4.78, 5) is 10.5. The molecule has 0 N–H and O–H groups in total. The molecule has 1 aromatic rings. The van der Waals surface area contributed by atoms with Crippen LogP contribution in [0.5, 0.6) is 5.75 Å². The number of carbonyl (C=O) groups is 1. The van der Waals surface area contributed by atoms with E-state index in [1.54, 1.807) is 12.1 Å². The molecule has 0 aromatic heterocycles. The summed E-state index contributed by atoms with van der Waals surface area (Å²) in [7, 11) is 0. The average molecular weight is 225 g/mol. The molecule has 0 aliphatic heterocycles. The minimum atomic E-state index is -0.788. The quantitative estimate of drug-likeness (QED) is 0.708. The number of ether oxygens (including phenoxy) is 1. The fourth-order valence-corrected chi connectivity index (χ4v) is 2.25. The van der Waals surface area contributed by atoms with Crippen LogP contribution in [0.1, 0.15) is 37.2 Å². The summed E-state index contributed by atoms with van der Waals surface area (Å²) in [5, 5.41) is 0. The Bertz CT molecular complexity index is 339. The summed E-state index contributed by atoms with van der Waals surface area (Å²) >= 11 is 5.12. The molecule has 2 rings (SSSR count). The molecule has 0 radical (unpaired) electrons. The highest BCUT2D eigenvalue weighted by Gasteiger charge is 2.16. The molecule has 15 heavy (non-hydrogen) atoms. The van der Waals surface area contributed by atoms with Crippen LogP contribution in [-0.4, -0.2) is 5.43 Å². The molecule has 1 aliphatic carbocycles. The highest BCUT2D eigenvalue weighted by Crippen LogP contribution is 2.34. The van der Waals surface area contributed by atoms with E-state index in [0.29, 0.717) is 11.7 Å². The number of benzene rings is 1. The average Bonchev–Trinajstić information content (AvgIpc) is 2.71. The molecule has 1 saturated carbocycles. The summed E-state index contributed by atoms with van der Waals surface area (Å²) in [6.45, 7) is 0. The first-order valence-corrected chi connectivity index (χ1v) is 5.61. The van der Waals surface area contributed by atoms with Crippen molar-refractivity contribution in [1.82, 2.24) is 0 Å². The van der Waals surface area contributed by atoms with Crippen molar-refractivity contribution in [3.63, 3.8) is 0 Å². The van der Waals surface area contributed by atoms with E-state index in [4.69, 9.17) is 16.3 Å². The normalized spacial score (nSPS) is 16.6. The molecule has 0 unspecified atom stereocenters. The van der Waals surface area contributed by atoms with Crippen LogP contribution in [0.25, 0.3) is 0 Å². The Hall–Kier alpha value is -1.02. The lowest BCUT2D eigenvalue weighted by Gasteiger charge is -2.09. The van der Waals surface area contributed by atoms with Gasteiger partial charge in [-0.15, -0.1) is 0 Å². The van der Waals surface area contributed by atoms with Gasteiger partial charge in [-0.2, -0.15) is 0 Å². The minimum absolute atomic E-state index is 0.511. The lowest BCUT2D eigenvalue weighted by Crippen LogP contribution is -1.97. The largest absolute Gasteiger partial charge is 0.415 e. The van der Waals surface area contributed by atoms with Gasteiger partial charge in [0.25, 0.3) is 0 Å². The Morgan fingerprint density at radius 2 is 1.80 bits per heavy atom. The predicted molar refractivity (Wildman–Crippen MR) is 59.5 cm³/mol. The van der Waals surface area contributed by atoms with Crippen molar-refractivity contribution < 1.29 is 9.53 Å². The maximum Gasteiger partial charge on any atom is 0.409 e. The standard InChI is InChI=1S/C12H13ClO2/c13-12(14)15-11-7-5-10(6-8-11)9-3-1-2-4-9/h5-9H,1-4H2. The Balaban J connectivity index is 2.06. The molecule has 0 spiro atoms. The lowest BCUT2D eigenvalue weighted by atomic mass is 9.98. The van der Waals surface area contributed by atoms with Gasteiger partial charge < -0.3 is 4.74 Å². The highest BCUT2D eigenvalue weighted by atomic mass is 35.5. The van der Waals surface area contributed by atoms with Gasteiger partial charge >= 0.3 is 5.43 Å². The number of hydrogen-bond acceptors (Lipinski definition) is 2. The zero-order valence-corrected chi connectivity index (χ0v) is 9.17. The van der Waals surface area contributed by atoms with E-state index in [1.165, 1.54) is 31.2 Å². The maximum atomic E-state index is 10.5. The Labute approximate surface area is 94.2 Å². The van der Waals surface area contributed by atoms with Crippen molar-refractivity contribution in [1.29, 1.82) is 0 Å². The van der Waals surface area contributed by atoms with Crippen LogP contribution in [0.4, 0.5) is 4.79 Å². The SMILES string of the molecule is O=C(Cl)Oc1ccc(C2CCCC2)cc1. The van der Waals surface area contributed by atoms with Gasteiger partial charge in [-0.3, -0.25) is 0 Å². The Morgan fingerprint density at radius 3 is 2.33 bits per heavy atom. The Morgan fingerprint density at radius 1 is 1.20 bits per heavy atom. The monoisotopic (exact) mass is 224 g/mol. The van der Waals surface area contributed by atoms with E-state index in [-0.39, 0.29) is 0 Å². The van der Waals surface area contributed by atoms with Gasteiger partial charge in [0.2, 0.25) is 0 Å². The molecule has 80 valence electrons. The zero-order chi connectivity index (χ0) is 10.7. The molecular formula is C12H13ClO2. The summed E-state index contributed by atoms with van der Waals surface area (Å²) < 4.78 is 4.76. The van der Waals surface area contributed by atoms with E-state index in [1.807, 2.05) is 12.1 Å². The minimum Gasteiger partial charge on any atom is -0.415 e. The van der Waals surface area contributed by atoms with Crippen LogP contribution in [0.15, 0.2) is 24.3 Å². The first-order valence-electron chi connectivity index (χ1n) is 5.23. The zero-order valence-electron chi connectivity index (χ0n) is 8.41. The van der Waals surface area contributed by atoms with Gasteiger partial charge in [0.05, 0.1) is 0 Å². The molecule has 1 fully saturated rings. The molecular weight excluding hydrogens is 212 g/mol. The van der Waals surface area contributed by atoms with Gasteiger partial charge in [0, 0.05) is 11.6 Å². The molecule has 1 aromatic carbocycles. The van der Waals surface area contributed by atoms with Crippen LogP contribution < -0.4 is 4.74 Å². The lowest BCUT2D eigenvalue weighted by molar-refractivity contribution is 0.225. The van der Waals surface area contributed by atoms with Crippen molar-refractivity contribution in [2.45, 2.75) is 31.6 Å². The highest BCUT2D eigenvalue weighted by molar-refractivity contribution is 6.61. The molecule has 0 heterocycles. The van der Waals surface area contributed by atoms with E-state index in [0.717, 1.165) is 0 Å². The third-order valence-corrected chi connectivity index (χ3v) is 2.98. The maximum absolute atomic E-state index is 10.5. The molecule has 0 amide bonds. The van der Waals surface area contributed by atoms with Crippen LogP contribution in [0, 0.1) is 0 Å². The molecule has 0 atom stereocenters. The fourth-order valence-electron chi connectivity index (χ4n) is 2.16. The van der Waals surface area contributed by atoms with Crippen molar-refractivity contribution in [2.24, 2.45) is 0 Å². The van der Waals surface area contributed by atoms with Gasteiger partial charge in [-0.1, -0.05) is 25.0 Å². The molecule has 0 bridgehead atoms. The second kappa shape index (κ2) is 4.67. The summed E-state index contributed by atoms with van der Waals surface area (Å²) in [6.07, 6.45) is 5.19. The topological polar surface area (TPSA) is 26.3 Å². The van der Waals surface area contributed by atoms with Gasteiger partial charge in [0.1, 0.15) is 5.75 Å². The second-order valence-electron chi connectivity index (χ2n) is 3.89. The summed E-state index contributed by atoms with van der Waals surface area (Å²) in [6, 6.07) is 7.64. The molecule has 2 nitrogen and oxygen atoms in total. The number of halogens is 1. The van der Waals surface area contributed by atoms with Crippen LogP contribution >= 0.6 is 11.6 Å². The van der Waals surface area contributed by atoms with Crippen molar-refractivity contribution >= 4 is 17.0 Å². The van der Waals surface area contributed by atoms with Crippen LogP contribution in [0.3, 0.4) is 0 Å². The van der Waals surface area contributed by atoms with E-state index < -0.39 is 5.43 Å². The van der Waals surface area contributed by atoms with Gasteiger partial charge in [-0.25, -0.2) is 4.79 Å². The third kappa shape index (κ3) is 2.72. The van der Waals surface area contributed by atoms with Crippen molar-refractivity contribution in [3.05, 3.63) is 29.8 Å². The summed E-state index contributed by atoms with van der Waals surface area (Å²) in [5.74, 6) is 1.20. The first kappa shape index (κ1) is 10.5. The number of rotatable bonds is 2.